The molecule has 0 aliphatic heterocycles. The molecule has 6 rings (SSSR count). The zero-order valence-corrected chi connectivity index (χ0v) is 19.5. The molecule has 0 fully saturated rings. The van der Waals surface area contributed by atoms with E-state index in [2.05, 4.69) is 26.5 Å². The molecule has 0 aliphatic rings. The molecular formula is C30H24N4O2. The van der Waals surface area contributed by atoms with Gasteiger partial charge in [0.1, 0.15) is 23.1 Å². The van der Waals surface area contributed by atoms with Gasteiger partial charge in [-0.05, 0) is 60.4 Å². The van der Waals surface area contributed by atoms with Gasteiger partial charge in [-0.3, -0.25) is 0 Å². The number of hydrogen-bond acceptors (Lipinski definition) is 4. The number of phenolic OH excluding ortho intramolecular Hbond substituents is 2. The lowest BCUT2D eigenvalue weighted by Gasteiger charge is -2.12. The molecule has 36 heavy (non-hydrogen) atoms. The summed E-state index contributed by atoms with van der Waals surface area (Å²) in [6, 6.07) is 26.8. The van der Waals surface area contributed by atoms with E-state index < -0.39 is 0 Å². The fraction of sp³-hybridized carbons (Fsp3) is 0.0667. The number of aromatic amines is 2. The topological polar surface area (TPSA) is 97.8 Å². The van der Waals surface area contributed by atoms with Gasteiger partial charge in [0.25, 0.3) is 0 Å². The summed E-state index contributed by atoms with van der Waals surface area (Å²) in [4.78, 5) is 15.8. The molecule has 0 aliphatic carbocycles. The average Bonchev–Trinajstić information content (AvgIpc) is 3.51. The van der Waals surface area contributed by atoms with E-state index in [1.807, 2.05) is 84.9 Å². The molecule has 6 nitrogen and oxygen atoms in total. The van der Waals surface area contributed by atoms with Crippen LogP contribution in [0.1, 0.15) is 11.1 Å². The second-order valence-corrected chi connectivity index (χ2v) is 8.94. The van der Waals surface area contributed by atoms with Crippen LogP contribution in [0.3, 0.4) is 0 Å². The van der Waals surface area contributed by atoms with E-state index in [0.717, 1.165) is 38.8 Å². The Morgan fingerprint density at radius 3 is 1.50 bits per heavy atom. The van der Waals surface area contributed by atoms with Crippen molar-refractivity contribution >= 4 is 22.1 Å². The van der Waals surface area contributed by atoms with Crippen LogP contribution in [0.4, 0.5) is 0 Å². The highest BCUT2D eigenvalue weighted by atomic mass is 16.3. The second-order valence-electron chi connectivity index (χ2n) is 8.94. The lowest BCUT2D eigenvalue weighted by Crippen LogP contribution is -1.97. The molecule has 0 saturated carbocycles. The molecule has 4 N–H and O–H groups in total. The molecule has 2 aromatic heterocycles. The minimum atomic E-state index is 0.179. The summed E-state index contributed by atoms with van der Waals surface area (Å²) >= 11 is 0. The summed E-state index contributed by atoms with van der Waals surface area (Å²) in [6.45, 7) is 4.23. The number of rotatable bonds is 6. The number of imidazole rings is 2. The summed E-state index contributed by atoms with van der Waals surface area (Å²) in [6.07, 6.45) is 0.933. The highest BCUT2D eigenvalue weighted by Crippen LogP contribution is 2.35. The third-order valence-electron chi connectivity index (χ3n) is 6.41. The zero-order valence-electron chi connectivity index (χ0n) is 19.5. The van der Waals surface area contributed by atoms with Crippen molar-refractivity contribution < 1.29 is 10.2 Å². The van der Waals surface area contributed by atoms with Crippen molar-refractivity contribution in [3.8, 4) is 34.3 Å². The second kappa shape index (κ2) is 8.74. The van der Waals surface area contributed by atoms with Gasteiger partial charge < -0.3 is 20.2 Å². The van der Waals surface area contributed by atoms with E-state index in [9.17, 15) is 10.2 Å². The number of fused-ring (bicyclic) bond motifs is 2. The van der Waals surface area contributed by atoms with Gasteiger partial charge in [-0.15, -0.1) is 0 Å². The minimum absolute atomic E-state index is 0.179. The molecule has 0 amide bonds. The van der Waals surface area contributed by atoms with Crippen molar-refractivity contribution in [2.75, 3.05) is 0 Å². The number of para-hydroxylation sites is 6. The standard InChI is InChI=1S/C30H24N4O2/c1-18(16-19-8-6-10-21(27(19)35)29-31-23-12-2-3-13-24(23)32-29)17-20-9-7-11-22(28(20)36)30-33-25-14-4-5-15-26(25)34-30/h2-15,35-36H,1,16-17H2,(H,31,32)(H,33,34). The number of benzene rings is 4. The molecule has 6 aromatic rings. The molecule has 0 atom stereocenters. The van der Waals surface area contributed by atoms with Gasteiger partial charge >= 0.3 is 0 Å². The van der Waals surface area contributed by atoms with Crippen molar-refractivity contribution in [1.29, 1.82) is 0 Å². The monoisotopic (exact) mass is 472 g/mol. The first-order chi connectivity index (χ1) is 17.6. The Labute approximate surface area is 207 Å². The van der Waals surface area contributed by atoms with E-state index >= 15 is 0 Å². The molecule has 4 aromatic carbocycles. The first-order valence-electron chi connectivity index (χ1n) is 11.8. The molecule has 0 bridgehead atoms. The summed E-state index contributed by atoms with van der Waals surface area (Å²) in [5, 5.41) is 22.1. The van der Waals surface area contributed by atoms with Crippen LogP contribution in [0.5, 0.6) is 11.5 Å². The van der Waals surface area contributed by atoms with Gasteiger partial charge in [-0.2, -0.15) is 0 Å². The van der Waals surface area contributed by atoms with Crippen LogP contribution >= 0.6 is 0 Å². The predicted molar refractivity (Wildman–Crippen MR) is 143 cm³/mol. The van der Waals surface area contributed by atoms with Crippen molar-refractivity contribution in [1.82, 2.24) is 19.9 Å². The number of nitrogens with one attached hydrogen (secondary N) is 2. The van der Waals surface area contributed by atoms with Crippen LogP contribution in [-0.2, 0) is 12.8 Å². The normalized spacial score (nSPS) is 11.3. The average molecular weight is 473 g/mol. The van der Waals surface area contributed by atoms with Gasteiger partial charge in [-0.25, -0.2) is 9.97 Å². The van der Waals surface area contributed by atoms with Crippen LogP contribution in [0, 0.1) is 0 Å². The number of phenols is 2. The Kier molecular flexibility index (Phi) is 5.26. The first kappa shape index (κ1) is 21.7. The number of H-pyrrole nitrogens is 2. The molecule has 0 unspecified atom stereocenters. The van der Waals surface area contributed by atoms with E-state index in [0.29, 0.717) is 35.6 Å². The Morgan fingerprint density at radius 2 is 1.06 bits per heavy atom. The molecule has 0 radical (unpaired) electrons. The molecule has 0 spiro atoms. The summed E-state index contributed by atoms with van der Waals surface area (Å²) in [5.74, 6) is 1.60. The SMILES string of the molecule is C=C(Cc1cccc(-c2nc3ccccc3[nH]2)c1O)Cc1cccc(-c2nc3ccccc3[nH]2)c1O. The van der Waals surface area contributed by atoms with Crippen LogP contribution in [0.25, 0.3) is 44.8 Å². The molecule has 176 valence electrons. The Morgan fingerprint density at radius 1 is 0.611 bits per heavy atom. The van der Waals surface area contributed by atoms with E-state index in [1.165, 1.54) is 0 Å². The van der Waals surface area contributed by atoms with Crippen molar-refractivity contribution in [2.45, 2.75) is 12.8 Å². The highest BCUT2D eigenvalue weighted by Gasteiger charge is 2.16. The van der Waals surface area contributed by atoms with Crippen LogP contribution in [-0.4, -0.2) is 30.1 Å². The smallest absolute Gasteiger partial charge is 0.142 e. The molecular weight excluding hydrogens is 448 g/mol. The van der Waals surface area contributed by atoms with Crippen molar-refractivity contribution in [3.05, 3.63) is 108 Å². The van der Waals surface area contributed by atoms with E-state index in [1.54, 1.807) is 0 Å². The lowest BCUT2D eigenvalue weighted by molar-refractivity contribution is 0.469. The third kappa shape index (κ3) is 3.88. The maximum absolute atomic E-state index is 11.0. The van der Waals surface area contributed by atoms with E-state index in [-0.39, 0.29) is 11.5 Å². The Balaban J connectivity index is 1.25. The van der Waals surface area contributed by atoms with Gasteiger partial charge in [0.05, 0.1) is 33.2 Å². The fourth-order valence-corrected chi connectivity index (χ4v) is 4.61. The van der Waals surface area contributed by atoms with Gasteiger partial charge in [-0.1, -0.05) is 60.7 Å². The van der Waals surface area contributed by atoms with E-state index in [4.69, 9.17) is 0 Å². The third-order valence-corrected chi connectivity index (χ3v) is 6.41. The lowest BCUT2D eigenvalue weighted by atomic mass is 9.96. The first-order valence-corrected chi connectivity index (χ1v) is 11.8. The molecule has 6 heteroatoms. The maximum atomic E-state index is 11.0. The van der Waals surface area contributed by atoms with Crippen molar-refractivity contribution in [2.24, 2.45) is 0 Å². The van der Waals surface area contributed by atoms with Crippen LogP contribution in [0.2, 0.25) is 0 Å². The largest absolute Gasteiger partial charge is 0.507 e. The van der Waals surface area contributed by atoms with Crippen molar-refractivity contribution in [3.63, 3.8) is 0 Å². The number of nitrogens with zero attached hydrogens (tertiary/aromatic N) is 2. The quantitative estimate of drug-likeness (QED) is 0.207. The van der Waals surface area contributed by atoms with Crippen LogP contribution in [0.15, 0.2) is 97.1 Å². The predicted octanol–water partition coefficient (Wildman–Crippen LogP) is 6.53. The number of hydrogen-bond donors (Lipinski definition) is 4. The molecule has 2 heterocycles. The Hall–Kier alpha value is -4.84. The zero-order chi connectivity index (χ0) is 24.6. The molecule has 0 saturated heterocycles. The van der Waals surface area contributed by atoms with Gasteiger partial charge in [0.2, 0.25) is 0 Å². The number of allylic oxidation sites excluding steroid dienone is 1. The minimum Gasteiger partial charge on any atom is -0.507 e. The highest BCUT2D eigenvalue weighted by molar-refractivity contribution is 5.82. The maximum Gasteiger partial charge on any atom is 0.142 e. The number of aromatic hydroxyl groups is 2. The fourth-order valence-electron chi connectivity index (χ4n) is 4.61. The summed E-state index contributed by atoms with van der Waals surface area (Å²) < 4.78 is 0. The summed E-state index contributed by atoms with van der Waals surface area (Å²) in [5.41, 5.74) is 7.20. The summed E-state index contributed by atoms with van der Waals surface area (Å²) in [7, 11) is 0. The van der Waals surface area contributed by atoms with Gasteiger partial charge in [0, 0.05) is 0 Å². The van der Waals surface area contributed by atoms with Gasteiger partial charge in [0.15, 0.2) is 0 Å². The van der Waals surface area contributed by atoms with Crippen LogP contribution < -0.4 is 0 Å². The number of aromatic nitrogens is 4. The Bertz CT molecular complexity index is 1550.